The Balaban J connectivity index is -0.000000980. The van der Waals surface area contributed by atoms with Crippen molar-refractivity contribution in [1.29, 1.82) is 0 Å². The summed E-state index contributed by atoms with van der Waals surface area (Å²) in [6.07, 6.45) is 1.02. The summed E-state index contributed by atoms with van der Waals surface area (Å²) in [4.78, 5) is 32.0. The molecule has 0 saturated heterocycles. The molecule has 6 nitrogen and oxygen atoms in total. The van der Waals surface area contributed by atoms with E-state index in [2.05, 4.69) is 0 Å². The first-order chi connectivity index (χ1) is 6.93. The minimum atomic E-state index is -2.09. The van der Waals surface area contributed by atoms with E-state index in [-0.39, 0.29) is 59.1 Å². The van der Waals surface area contributed by atoms with Crippen LogP contribution in [0.2, 0.25) is 0 Å². The van der Waals surface area contributed by atoms with Crippen LogP contribution in [0.15, 0.2) is 0 Å². The Morgan fingerprint density at radius 2 is 1.35 bits per heavy atom. The van der Waals surface area contributed by atoms with Gasteiger partial charge in [-0.2, -0.15) is 0 Å². The van der Waals surface area contributed by atoms with E-state index in [0.717, 1.165) is 0 Å². The van der Waals surface area contributed by atoms with Gasteiger partial charge < -0.3 is 25.1 Å². The molecule has 0 aliphatic rings. The summed E-state index contributed by atoms with van der Waals surface area (Å²) in [5, 5.41) is 22.5. The molecule has 0 aromatic heterocycles. The fourth-order valence-electron chi connectivity index (χ4n) is 1.13. The fraction of sp³-hybridized carbons (Fsp3) is 0.667. The number of carboxylic acids is 2. The first-order valence-electron chi connectivity index (χ1n) is 4.66. The SMILES string of the molecule is CCC(CC)C(=O)NC(C(=O)[O-])C(=O)[O-].[Na+].[Na+]. The molecule has 0 saturated carbocycles. The predicted octanol–water partition coefficient (Wildman–Crippen LogP) is -8.58. The molecule has 0 unspecified atom stereocenters. The van der Waals surface area contributed by atoms with Gasteiger partial charge in [-0.3, -0.25) is 4.79 Å². The number of carbonyl (C=O) groups excluding carboxylic acids is 3. The summed E-state index contributed by atoms with van der Waals surface area (Å²) >= 11 is 0. The van der Waals surface area contributed by atoms with Crippen LogP contribution in [0, 0.1) is 5.92 Å². The zero-order valence-corrected chi connectivity index (χ0v) is 14.6. The van der Waals surface area contributed by atoms with Gasteiger partial charge in [-0.1, -0.05) is 13.8 Å². The summed E-state index contributed by atoms with van der Waals surface area (Å²) in [5.41, 5.74) is 0. The molecule has 0 fully saturated rings. The van der Waals surface area contributed by atoms with Crippen LogP contribution < -0.4 is 74.6 Å². The van der Waals surface area contributed by atoms with E-state index in [1.165, 1.54) is 0 Å². The summed E-state index contributed by atoms with van der Waals surface area (Å²) in [6.45, 7) is 3.50. The van der Waals surface area contributed by atoms with Crippen LogP contribution in [0.5, 0.6) is 0 Å². The van der Waals surface area contributed by atoms with Crippen molar-refractivity contribution in [2.45, 2.75) is 32.7 Å². The molecule has 0 bridgehead atoms. The molecular weight excluding hydrogens is 248 g/mol. The second kappa shape index (κ2) is 11.5. The van der Waals surface area contributed by atoms with Crippen molar-refractivity contribution in [1.82, 2.24) is 5.32 Å². The Morgan fingerprint density at radius 1 is 1.00 bits per heavy atom. The maximum absolute atomic E-state index is 11.3. The molecule has 0 radical (unpaired) electrons. The summed E-state index contributed by atoms with van der Waals surface area (Å²) in [6, 6.07) is -2.09. The van der Waals surface area contributed by atoms with Crippen LogP contribution in [-0.4, -0.2) is 23.9 Å². The molecule has 0 spiro atoms. The van der Waals surface area contributed by atoms with Gasteiger partial charge in [0.15, 0.2) is 0 Å². The molecule has 17 heavy (non-hydrogen) atoms. The van der Waals surface area contributed by atoms with Gasteiger partial charge in [0, 0.05) is 5.92 Å². The quantitative estimate of drug-likeness (QED) is 0.377. The Morgan fingerprint density at radius 3 is 1.59 bits per heavy atom. The smallest absolute Gasteiger partial charge is 0.547 e. The molecule has 8 heteroatoms. The van der Waals surface area contributed by atoms with Crippen LogP contribution >= 0.6 is 0 Å². The molecule has 0 aliphatic carbocycles. The first-order valence-corrected chi connectivity index (χ1v) is 4.66. The largest absolute Gasteiger partial charge is 1.00 e. The average molecular weight is 261 g/mol. The Labute approximate surface area is 144 Å². The fourth-order valence-corrected chi connectivity index (χ4v) is 1.13. The van der Waals surface area contributed by atoms with Gasteiger partial charge in [-0.15, -0.1) is 0 Å². The summed E-state index contributed by atoms with van der Waals surface area (Å²) in [7, 11) is 0. The molecule has 86 valence electrons. The molecule has 0 heterocycles. The molecule has 1 amide bonds. The number of hydrogen-bond donors (Lipinski definition) is 1. The number of hydrogen-bond acceptors (Lipinski definition) is 5. The Bertz CT molecular complexity index is 254. The van der Waals surface area contributed by atoms with Gasteiger partial charge in [-0.25, -0.2) is 0 Å². The van der Waals surface area contributed by atoms with Crippen molar-refractivity contribution in [2.24, 2.45) is 5.92 Å². The Kier molecular flexibility index (Phi) is 15.3. The molecule has 0 aliphatic heterocycles. The number of aliphatic carboxylic acids is 2. The van der Waals surface area contributed by atoms with Crippen molar-refractivity contribution in [3.8, 4) is 0 Å². The number of carboxylic acid groups (broad SMARTS) is 2. The number of carbonyl (C=O) groups is 3. The summed E-state index contributed by atoms with van der Waals surface area (Å²) < 4.78 is 0. The van der Waals surface area contributed by atoms with Crippen LogP contribution in [-0.2, 0) is 14.4 Å². The number of nitrogens with one attached hydrogen (secondary N) is 1. The van der Waals surface area contributed by atoms with Crippen LogP contribution in [0.3, 0.4) is 0 Å². The van der Waals surface area contributed by atoms with E-state index < -0.39 is 29.8 Å². The van der Waals surface area contributed by atoms with E-state index in [1.807, 2.05) is 5.32 Å². The zero-order chi connectivity index (χ0) is 12.0. The molecule has 0 rings (SSSR count). The maximum atomic E-state index is 11.3. The third kappa shape index (κ3) is 8.18. The Hall–Kier alpha value is 0.410. The van der Waals surface area contributed by atoms with Gasteiger partial charge in [0.05, 0.1) is 11.9 Å². The zero-order valence-electron chi connectivity index (χ0n) is 10.6. The van der Waals surface area contributed by atoms with Gasteiger partial charge in [-0.05, 0) is 12.8 Å². The van der Waals surface area contributed by atoms with Gasteiger partial charge in [0.25, 0.3) is 0 Å². The first kappa shape index (κ1) is 22.6. The van der Waals surface area contributed by atoms with Crippen molar-refractivity contribution >= 4 is 17.8 Å². The van der Waals surface area contributed by atoms with Crippen LogP contribution in [0.4, 0.5) is 0 Å². The molecular formula is C9H13NNa2O5. The van der Waals surface area contributed by atoms with E-state index in [4.69, 9.17) is 0 Å². The third-order valence-electron chi connectivity index (χ3n) is 2.11. The normalized spacial score (nSPS) is 9.18. The van der Waals surface area contributed by atoms with Crippen LogP contribution in [0.25, 0.3) is 0 Å². The monoisotopic (exact) mass is 261 g/mol. The van der Waals surface area contributed by atoms with E-state index in [1.54, 1.807) is 13.8 Å². The molecule has 1 N–H and O–H groups in total. The van der Waals surface area contributed by atoms with Crippen molar-refractivity contribution < 1.29 is 83.7 Å². The maximum Gasteiger partial charge on any atom is 1.00 e. The minimum Gasteiger partial charge on any atom is -0.547 e. The van der Waals surface area contributed by atoms with E-state index >= 15 is 0 Å². The molecule has 0 aromatic carbocycles. The predicted molar refractivity (Wildman–Crippen MR) is 46.0 cm³/mol. The van der Waals surface area contributed by atoms with E-state index in [9.17, 15) is 24.6 Å². The second-order valence-corrected chi connectivity index (χ2v) is 3.09. The van der Waals surface area contributed by atoms with Crippen LogP contribution in [0.1, 0.15) is 26.7 Å². The van der Waals surface area contributed by atoms with Gasteiger partial charge in [0.1, 0.15) is 6.04 Å². The van der Waals surface area contributed by atoms with Crippen molar-refractivity contribution in [2.75, 3.05) is 0 Å². The number of rotatable bonds is 6. The molecule has 0 atom stereocenters. The van der Waals surface area contributed by atoms with Gasteiger partial charge >= 0.3 is 59.1 Å². The van der Waals surface area contributed by atoms with Crippen molar-refractivity contribution in [3.63, 3.8) is 0 Å². The standard InChI is InChI=1S/C9H15NO5.2Na/c1-3-5(4-2)7(11)10-6(8(12)13)9(14)15;;/h5-6H,3-4H2,1-2H3,(H,10,11)(H,12,13)(H,14,15);;/q;2*+1/p-2. The average Bonchev–Trinajstić information content (AvgIpc) is 2.15. The van der Waals surface area contributed by atoms with Crippen molar-refractivity contribution in [3.05, 3.63) is 0 Å². The van der Waals surface area contributed by atoms with E-state index in [0.29, 0.717) is 12.8 Å². The minimum absolute atomic E-state index is 0. The number of amides is 1. The molecule has 0 aromatic rings. The second-order valence-electron chi connectivity index (χ2n) is 3.09. The topological polar surface area (TPSA) is 109 Å². The van der Waals surface area contributed by atoms with Gasteiger partial charge in [0.2, 0.25) is 5.91 Å². The third-order valence-corrected chi connectivity index (χ3v) is 2.11. The summed E-state index contributed by atoms with van der Waals surface area (Å²) in [5.74, 6) is -4.77.